The summed E-state index contributed by atoms with van der Waals surface area (Å²) in [5, 5.41) is 23.8. The summed E-state index contributed by atoms with van der Waals surface area (Å²) in [5.41, 5.74) is 19.1. The summed E-state index contributed by atoms with van der Waals surface area (Å²) < 4.78 is 10.8. The maximum absolute atomic E-state index is 12.4. The van der Waals surface area contributed by atoms with Crippen molar-refractivity contribution in [3.8, 4) is 39.6 Å². The number of halogens is 1. The number of anilines is 1. The fraction of sp³-hybridized carbons (Fsp3) is 0.207. The van der Waals surface area contributed by atoms with Gasteiger partial charge in [-0.25, -0.2) is 14.8 Å². The summed E-state index contributed by atoms with van der Waals surface area (Å²) in [5.74, 6) is -0.0316. The van der Waals surface area contributed by atoms with E-state index in [0.29, 0.717) is 26.9 Å². The Morgan fingerprint density at radius 3 is 2.36 bits per heavy atom. The lowest BCUT2D eigenvalue weighted by Gasteiger charge is -2.27. The number of nitriles is 2. The number of nitrogen functional groups attached to an aromatic ring is 1. The summed E-state index contributed by atoms with van der Waals surface area (Å²) in [4.78, 5) is 21.5. The molecule has 0 saturated carbocycles. The molecule has 2 aromatic heterocycles. The molecule has 13 heteroatoms. The second kappa shape index (κ2) is 13.7. The van der Waals surface area contributed by atoms with Crippen molar-refractivity contribution in [2.45, 2.75) is 29.8 Å². The van der Waals surface area contributed by atoms with Gasteiger partial charge in [0.1, 0.15) is 39.3 Å². The van der Waals surface area contributed by atoms with E-state index in [9.17, 15) is 15.3 Å². The van der Waals surface area contributed by atoms with E-state index < -0.39 is 11.7 Å². The van der Waals surface area contributed by atoms with Gasteiger partial charge in [0.2, 0.25) is 0 Å². The molecule has 0 amide bonds. The number of pyridine rings is 1. The third kappa shape index (κ3) is 6.82. The van der Waals surface area contributed by atoms with Gasteiger partial charge in [-0.1, -0.05) is 47.6 Å². The highest BCUT2D eigenvalue weighted by atomic mass is 35.5. The molecule has 0 aliphatic heterocycles. The highest BCUT2D eigenvalue weighted by molar-refractivity contribution is 7.98. The first kappa shape index (κ1) is 30.8. The van der Waals surface area contributed by atoms with Gasteiger partial charge in [-0.15, -0.1) is 11.3 Å². The zero-order valence-electron chi connectivity index (χ0n) is 22.5. The molecule has 4 aromatic rings. The molecule has 2 aromatic carbocycles. The molecular weight excluding hydrogens is 594 g/mol. The van der Waals surface area contributed by atoms with E-state index in [0.717, 1.165) is 16.3 Å². The summed E-state index contributed by atoms with van der Waals surface area (Å²) >= 11 is 8.79. The standard InChI is InChI=1S/C29H26ClN7O3S2/c1-2-39-28(38)29(35,11-12-31)40-21-9-5-17(6-10-21)24-22(13-32)25(34)37-27(23(24)14-33)42-16-20-15-41-26(36-20)18-3-7-19(30)8-4-18/h3-10,15H,2,11-12,16,31,35H2,1H3,(H2,34,37)/t29-/m1/s1. The average molecular weight is 620 g/mol. The molecule has 42 heavy (non-hydrogen) atoms. The highest BCUT2D eigenvalue weighted by Gasteiger charge is 2.37. The van der Waals surface area contributed by atoms with Crippen molar-refractivity contribution in [1.29, 1.82) is 10.5 Å². The van der Waals surface area contributed by atoms with Crippen LogP contribution in [0, 0.1) is 22.7 Å². The van der Waals surface area contributed by atoms with E-state index >= 15 is 0 Å². The summed E-state index contributed by atoms with van der Waals surface area (Å²) in [6.45, 7) is 1.90. The fourth-order valence-corrected chi connectivity index (χ4v) is 5.94. The van der Waals surface area contributed by atoms with Gasteiger partial charge in [-0.3, -0.25) is 5.73 Å². The van der Waals surface area contributed by atoms with Crippen molar-refractivity contribution >= 4 is 46.5 Å². The number of aromatic nitrogens is 2. The van der Waals surface area contributed by atoms with Gasteiger partial charge >= 0.3 is 5.97 Å². The summed E-state index contributed by atoms with van der Waals surface area (Å²) in [7, 11) is 0. The molecule has 4 rings (SSSR count). The molecule has 0 unspecified atom stereocenters. The summed E-state index contributed by atoms with van der Waals surface area (Å²) in [6, 6.07) is 18.1. The van der Waals surface area contributed by atoms with E-state index in [1.165, 1.54) is 23.1 Å². The van der Waals surface area contributed by atoms with Crippen molar-refractivity contribution in [2.24, 2.45) is 11.5 Å². The highest BCUT2D eigenvalue weighted by Crippen LogP contribution is 2.38. The molecule has 0 fully saturated rings. The van der Waals surface area contributed by atoms with Crippen LogP contribution in [-0.2, 0) is 15.3 Å². The maximum Gasteiger partial charge on any atom is 0.366 e. The molecule has 0 radical (unpaired) electrons. The Bertz CT molecular complexity index is 1660. The largest absolute Gasteiger partial charge is 0.462 e. The normalized spacial score (nSPS) is 12.1. The van der Waals surface area contributed by atoms with Crippen LogP contribution < -0.4 is 21.9 Å². The molecular formula is C29H26ClN7O3S2. The number of carbonyl (C=O) groups is 1. The van der Waals surface area contributed by atoms with E-state index in [4.69, 9.17) is 38.3 Å². The Labute approximate surface area is 256 Å². The zero-order chi connectivity index (χ0) is 30.3. The average Bonchev–Trinajstić information content (AvgIpc) is 3.46. The molecule has 2 heterocycles. The fourth-order valence-electron chi connectivity index (χ4n) is 3.99. The number of hydrogen-bond acceptors (Lipinski definition) is 12. The van der Waals surface area contributed by atoms with Gasteiger partial charge in [0, 0.05) is 33.7 Å². The molecule has 0 bridgehead atoms. The van der Waals surface area contributed by atoms with Crippen LogP contribution in [0.5, 0.6) is 5.75 Å². The topological polar surface area (TPSA) is 187 Å². The number of hydrogen-bond donors (Lipinski definition) is 3. The van der Waals surface area contributed by atoms with Crippen molar-refractivity contribution in [3.63, 3.8) is 0 Å². The van der Waals surface area contributed by atoms with E-state index in [1.54, 1.807) is 31.2 Å². The number of ether oxygens (including phenoxy) is 2. The lowest BCUT2D eigenvalue weighted by molar-refractivity contribution is -0.162. The van der Waals surface area contributed by atoms with Crippen LogP contribution in [-0.4, -0.2) is 34.8 Å². The van der Waals surface area contributed by atoms with Crippen molar-refractivity contribution < 1.29 is 14.3 Å². The van der Waals surface area contributed by atoms with Crippen LogP contribution in [0.4, 0.5) is 5.82 Å². The number of benzene rings is 2. The lowest BCUT2D eigenvalue weighted by Crippen LogP contribution is -2.55. The van der Waals surface area contributed by atoms with Crippen molar-refractivity contribution in [1.82, 2.24) is 9.97 Å². The lowest BCUT2D eigenvalue weighted by atomic mass is 9.97. The smallest absolute Gasteiger partial charge is 0.366 e. The molecule has 214 valence electrons. The Balaban J connectivity index is 1.62. The van der Waals surface area contributed by atoms with Gasteiger partial charge in [-0.2, -0.15) is 10.5 Å². The third-order valence-corrected chi connectivity index (χ3v) is 8.20. The Morgan fingerprint density at radius 1 is 1.07 bits per heavy atom. The predicted molar refractivity (Wildman–Crippen MR) is 163 cm³/mol. The van der Waals surface area contributed by atoms with Crippen LogP contribution in [0.2, 0.25) is 5.02 Å². The van der Waals surface area contributed by atoms with E-state index in [2.05, 4.69) is 22.1 Å². The van der Waals surface area contributed by atoms with Gasteiger partial charge < -0.3 is 20.9 Å². The Kier molecular flexibility index (Phi) is 10.0. The van der Waals surface area contributed by atoms with Gasteiger partial charge in [-0.05, 0) is 43.3 Å². The second-order valence-electron chi connectivity index (χ2n) is 8.87. The van der Waals surface area contributed by atoms with Crippen LogP contribution in [0.25, 0.3) is 21.7 Å². The van der Waals surface area contributed by atoms with Gasteiger partial charge in [0.25, 0.3) is 5.72 Å². The van der Waals surface area contributed by atoms with Crippen LogP contribution in [0.1, 0.15) is 30.2 Å². The molecule has 6 N–H and O–H groups in total. The number of thioether (sulfide) groups is 1. The number of rotatable bonds is 11. The first-order valence-electron chi connectivity index (χ1n) is 12.6. The molecule has 0 spiro atoms. The first-order chi connectivity index (χ1) is 20.2. The summed E-state index contributed by atoms with van der Waals surface area (Å²) in [6.07, 6.45) is 0.0341. The number of esters is 1. The van der Waals surface area contributed by atoms with Crippen LogP contribution >= 0.6 is 34.7 Å². The minimum atomic E-state index is -1.77. The zero-order valence-corrected chi connectivity index (χ0v) is 24.9. The van der Waals surface area contributed by atoms with E-state index in [1.807, 2.05) is 29.6 Å². The monoisotopic (exact) mass is 619 g/mol. The minimum Gasteiger partial charge on any atom is -0.462 e. The first-order valence-corrected chi connectivity index (χ1v) is 14.9. The molecule has 10 nitrogen and oxygen atoms in total. The predicted octanol–water partition coefficient (Wildman–Crippen LogP) is 5.09. The number of carbonyl (C=O) groups excluding carboxylic acids is 1. The van der Waals surface area contributed by atoms with Gasteiger partial charge in [0.05, 0.1) is 17.9 Å². The Hall–Kier alpha value is -4.17. The van der Waals surface area contributed by atoms with Gasteiger partial charge in [0.15, 0.2) is 0 Å². The number of nitrogens with two attached hydrogens (primary N) is 3. The third-order valence-electron chi connectivity index (χ3n) is 5.99. The molecule has 0 saturated heterocycles. The SMILES string of the molecule is CCOC(=O)[C@@](N)(CCN)Oc1ccc(-c2c(C#N)c(N)nc(SCc3csc(-c4ccc(Cl)cc4)n3)c2C#N)cc1. The quantitative estimate of drug-likeness (QED) is 0.115. The molecule has 1 atom stereocenters. The number of thiazole rings is 1. The minimum absolute atomic E-state index is 0.000639. The van der Waals surface area contributed by atoms with Crippen LogP contribution in [0.15, 0.2) is 58.9 Å². The van der Waals surface area contributed by atoms with Crippen molar-refractivity contribution in [3.05, 3.63) is 75.8 Å². The van der Waals surface area contributed by atoms with Crippen molar-refractivity contribution in [2.75, 3.05) is 18.9 Å². The number of nitrogens with zero attached hydrogens (tertiary/aromatic N) is 4. The second-order valence-corrected chi connectivity index (χ2v) is 11.1. The van der Waals surface area contributed by atoms with E-state index in [-0.39, 0.29) is 42.3 Å². The maximum atomic E-state index is 12.4. The molecule has 0 aliphatic carbocycles. The molecule has 0 aliphatic rings. The van der Waals surface area contributed by atoms with Crippen LogP contribution in [0.3, 0.4) is 0 Å². The Morgan fingerprint density at radius 2 is 1.74 bits per heavy atom.